The summed E-state index contributed by atoms with van der Waals surface area (Å²) in [4.78, 5) is 15.4. The lowest BCUT2D eigenvalue weighted by Gasteiger charge is -2.26. The van der Waals surface area contributed by atoms with Gasteiger partial charge in [-0.15, -0.1) is 0 Å². The summed E-state index contributed by atoms with van der Waals surface area (Å²) < 4.78 is 0. The number of hydrogen-bond donors (Lipinski definition) is 1. The highest BCUT2D eigenvalue weighted by Gasteiger charge is 2.26. The molecular formula is C17H24N2O2. The molecule has 0 aromatic heterocycles. The number of anilines is 1. The van der Waals surface area contributed by atoms with Crippen LogP contribution in [0.2, 0.25) is 0 Å². The highest BCUT2D eigenvalue weighted by atomic mass is 16.4. The summed E-state index contributed by atoms with van der Waals surface area (Å²) in [7, 11) is 0. The third kappa shape index (κ3) is 4.08. The Morgan fingerprint density at radius 2 is 2.00 bits per heavy atom. The van der Waals surface area contributed by atoms with Crippen LogP contribution in [0.25, 0.3) is 6.08 Å². The molecular weight excluding hydrogens is 264 g/mol. The quantitative estimate of drug-likeness (QED) is 0.817. The third-order valence-corrected chi connectivity index (χ3v) is 4.17. The molecule has 114 valence electrons. The van der Waals surface area contributed by atoms with Crippen molar-refractivity contribution in [3.05, 3.63) is 35.9 Å². The molecule has 1 unspecified atom stereocenters. The van der Waals surface area contributed by atoms with Gasteiger partial charge in [-0.1, -0.05) is 26.0 Å². The van der Waals surface area contributed by atoms with Crippen molar-refractivity contribution in [1.29, 1.82) is 0 Å². The highest BCUT2D eigenvalue weighted by molar-refractivity contribution is 5.85. The maximum Gasteiger partial charge on any atom is 0.328 e. The van der Waals surface area contributed by atoms with E-state index in [4.69, 9.17) is 5.11 Å². The fourth-order valence-corrected chi connectivity index (χ4v) is 2.98. The van der Waals surface area contributed by atoms with E-state index in [1.54, 1.807) is 6.08 Å². The highest BCUT2D eigenvalue weighted by Crippen LogP contribution is 2.23. The average molecular weight is 288 g/mol. The fourth-order valence-electron chi connectivity index (χ4n) is 2.98. The second-order valence-corrected chi connectivity index (χ2v) is 5.37. The molecule has 1 saturated heterocycles. The number of likely N-dealkylation sites (N-methyl/N-ethyl adjacent to an activating group) is 1. The van der Waals surface area contributed by atoms with Gasteiger partial charge >= 0.3 is 5.97 Å². The zero-order chi connectivity index (χ0) is 15.2. The van der Waals surface area contributed by atoms with E-state index in [1.165, 1.54) is 18.2 Å². The van der Waals surface area contributed by atoms with Crippen LogP contribution >= 0.6 is 0 Å². The van der Waals surface area contributed by atoms with Gasteiger partial charge in [0.15, 0.2) is 0 Å². The van der Waals surface area contributed by atoms with Crippen molar-refractivity contribution in [3.8, 4) is 0 Å². The topological polar surface area (TPSA) is 43.8 Å². The van der Waals surface area contributed by atoms with Crippen molar-refractivity contribution in [2.75, 3.05) is 31.1 Å². The van der Waals surface area contributed by atoms with Crippen molar-refractivity contribution < 1.29 is 9.90 Å². The summed E-state index contributed by atoms with van der Waals surface area (Å²) in [5.74, 6) is -0.916. The van der Waals surface area contributed by atoms with Gasteiger partial charge in [-0.3, -0.25) is 4.90 Å². The van der Waals surface area contributed by atoms with E-state index in [2.05, 4.69) is 35.8 Å². The number of benzene rings is 1. The Balaban J connectivity index is 1.99. The standard InChI is InChI=1S/C17H24N2O2/c1-3-18(4-2)16-11-12-19(13-16)15-8-5-14(6-9-15)7-10-17(20)21/h5-10,16H,3-4,11-13H2,1-2H3,(H,20,21). The van der Waals surface area contributed by atoms with E-state index in [0.717, 1.165) is 31.7 Å². The first-order valence-electron chi connectivity index (χ1n) is 7.64. The molecule has 2 rings (SSSR count). The summed E-state index contributed by atoms with van der Waals surface area (Å²) >= 11 is 0. The van der Waals surface area contributed by atoms with Crippen LogP contribution < -0.4 is 4.90 Å². The largest absolute Gasteiger partial charge is 0.478 e. The molecule has 4 nitrogen and oxygen atoms in total. The first-order chi connectivity index (χ1) is 10.1. The van der Waals surface area contributed by atoms with Crippen LogP contribution in [0.4, 0.5) is 5.69 Å². The molecule has 0 radical (unpaired) electrons. The first kappa shape index (κ1) is 15.6. The second kappa shape index (κ2) is 7.27. The van der Waals surface area contributed by atoms with Gasteiger partial charge in [0, 0.05) is 30.9 Å². The van der Waals surface area contributed by atoms with Gasteiger partial charge < -0.3 is 10.0 Å². The SMILES string of the molecule is CCN(CC)C1CCN(c2ccc(C=CC(=O)O)cc2)C1. The molecule has 1 atom stereocenters. The second-order valence-electron chi connectivity index (χ2n) is 5.37. The van der Waals surface area contributed by atoms with Gasteiger partial charge in [0.1, 0.15) is 0 Å². The van der Waals surface area contributed by atoms with E-state index in [0.29, 0.717) is 6.04 Å². The monoisotopic (exact) mass is 288 g/mol. The van der Waals surface area contributed by atoms with Crippen LogP contribution in [0.5, 0.6) is 0 Å². The minimum Gasteiger partial charge on any atom is -0.478 e. The Morgan fingerprint density at radius 1 is 1.33 bits per heavy atom. The van der Waals surface area contributed by atoms with Crippen LogP contribution in [0.1, 0.15) is 25.8 Å². The van der Waals surface area contributed by atoms with Crippen LogP contribution in [-0.2, 0) is 4.79 Å². The molecule has 0 aliphatic carbocycles. The van der Waals surface area contributed by atoms with Gasteiger partial charge in [-0.25, -0.2) is 4.79 Å². The number of carboxylic acids is 1. The molecule has 1 aromatic rings. The Kier molecular flexibility index (Phi) is 5.39. The van der Waals surface area contributed by atoms with Crippen molar-refractivity contribution in [1.82, 2.24) is 4.90 Å². The van der Waals surface area contributed by atoms with Crippen LogP contribution in [-0.4, -0.2) is 48.2 Å². The molecule has 1 aliphatic rings. The molecule has 1 N–H and O–H groups in total. The van der Waals surface area contributed by atoms with Crippen LogP contribution in [0, 0.1) is 0 Å². The fraction of sp³-hybridized carbons (Fsp3) is 0.471. The van der Waals surface area contributed by atoms with Gasteiger partial charge in [-0.2, -0.15) is 0 Å². The number of carbonyl (C=O) groups is 1. The molecule has 0 spiro atoms. The summed E-state index contributed by atoms with van der Waals surface area (Å²) in [6.45, 7) is 8.81. The lowest BCUT2D eigenvalue weighted by molar-refractivity contribution is -0.131. The van der Waals surface area contributed by atoms with Crippen molar-refractivity contribution in [2.45, 2.75) is 26.3 Å². The van der Waals surface area contributed by atoms with Gasteiger partial charge in [0.2, 0.25) is 0 Å². The maximum atomic E-state index is 10.5. The summed E-state index contributed by atoms with van der Waals surface area (Å²) in [6, 6.07) is 8.74. The van der Waals surface area contributed by atoms with E-state index < -0.39 is 5.97 Å². The number of nitrogens with zero attached hydrogens (tertiary/aromatic N) is 2. The predicted octanol–water partition coefficient (Wildman–Crippen LogP) is 2.70. The number of carboxylic acid groups (broad SMARTS) is 1. The normalized spacial score (nSPS) is 18.8. The van der Waals surface area contributed by atoms with Gasteiger partial charge in [0.25, 0.3) is 0 Å². The number of rotatable bonds is 6. The Hall–Kier alpha value is -1.81. The smallest absolute Gasteiger partial charge is 0.328 e. The Labute approximate surface area is 126 Å². The van der Waals surface area contributed by atoms with Crippen molar-refractivity contribution in [3.63, 3.8) is 0 Å². The molecule has 21 heavy (non-hydrogen) atoms. The molecule has 4 heteroatoms. The first-order valence-corrected chi connectivity index (χ1v) is 7.64. The molecule has 1 heterocycles. The summed E-state index contributed by atoms with van der Waals surface area (Å²) in [5.41, 5.74) is 2.14. The molecule has 0 bridgehead atoms. The lowest BCUT2D eigenvalue weighted by atomic mass is 10.2. The molecule has 1 aliphatic heterocycles. The minimum atomic E-state index is -0.916. The maximum absolute atomic E-state index is 10.5. The number of hydrogen-bond acceptors (Lipinski definition) is 3. The molecule has 1 fully saturated rings. The van der Waals surface area contributed by atoms with Crippen molar-refractivity contribution >= 4 is 17.7 Å². The Bertz CT molecular complexity index is 492. The van der Waals surface area contributed by atoms with Crippen LogP contribution in [0.15, 0.2) is 30.3 Å². The van der Waals surface area contributed by atoms with Crippen LogP contribution in [0.3, 0.4) is 0 Å². The zero-order valence-corrected chi connectivity index (χ0v) is 12.8. The van der Waals surface area contributed by atoms with Gasteiger partial charge in [-0.05, 0) is 43.3 Å². The van der Waals surface area contributed by atoms with Gasteiger partial charge in [0.05, 0.1) is 0 Å². The third-order valence-electron chi connectivity index (χ3n) is 4.17. The molecule has 0 saturated carbocycles. The molecule has 1 aromatic carbocycles. The summed E-state index contributed by atoms with van der Waals surface area (Å²) in [5, 5.41) is 8.63. The number of aliphatic carboxylic acids is 1. The van der Waals surface area contributed by atoms with E-state index >= 15 is 0 Å². The summed E-state index contributed by atoms with van der Waals surface area (Å²) in [6.07, 6.45) is 4.00. The Morgan fingerprint density at radius 3 is 2.57 bits per heavy atom. The van der Waals surface area contributed by atoms with E-state index in [1.807, 2.05) is 12.1 Å². The average Bonchev–Trinajstić information content (AvgIpc) is 2.97. The lowest BCUT2D eigenvalue weighted by Crippen LogP contribution is -2.37. The zero-order valence-electron chi connectivity index (χ0n) is 12.8. The minimum absolute atomic E-state index is 0.645. The van der Waals surface area contributed by atoms with E-state index in [-0.39, 0.29) is 0 Å². The van der Waals surface area contributed by atoms with E-state index in [9.17, 15) is 4.79 Å². The van der Waals surface area contributed by atoms with Crippen molar-refractivity contribution in [2.24, 2.45) is 0 Å². The predicted molar refractivity (Wildman–Crippen MR) is 86.7 cm³/mol. The molecule has 0 amide bonds.